The Labute approximate surface area is 143 Å². The normalized spacial score (nSPS) is 17.0. The van der Waals surface area contributed by atoms with E-state index in [9.17, 15) is 4.79 Å². The van der Waals surface area contributed by atoms with Crippen LogP contribution in [0.2, 0.25) is 0 Å². The van der Waals surface area contributed by atoms with E-state index < -0.39 is 0 Å². The zero-order valence-corrected chi connectivity index (χ0v) is 14.2. The Hall–Kier alpha value is -1.85. The first-order valence-corrected chi connectivity index (χ1v) is 8.42. The highest BCUT2D eigenvalue weighted by atomic mass is 79.9. The Kier molecular flexibility index (Phi) is 5.31. The molecular formula is C18H18BrNO3. The summed E-state index contributed by atoms with van der Waals surface area (Å²) < 4.78 is 12.1. The summed E-state index contributed by atoms with van der Waals surface area (Å²) in [5.41, 5.74) is 1.30. The summed E-state index contributed by atoms with van der Waals surface area (Å²) in [6.45, 7) is 1.36. The van der Waals surface area contributed by atoms with E-state index in [4.69, 9.17) is 9.47 Å². The van der Waals surface area contributed by atoms with Crippen LogP contribution in [-0.2, 0) is 4.74 Å². The van der Waals surface area contributed by atoms with E-state index in [0.29, 0.717) is 17.9 Å². The molecule has 1 fully saturated rings. The molecule has 0 aliphatic carbocycles. The smallest absolute Gasteiger partial charge is 0.256 e. The van der Waals surface area contributed by atoms with E-state index in [0.717, 1.165) is 29.7 Å². The molecule has 23 heavy (non-hydrogen) atoms. The van der Waals surface area contributed by atoms with Gasteiger partial charge in [-0.25, -0.2) is 0 Å². The molecule has 1 N–H and O–H groups in total. The monoisotopic (exact) mass is 375 g/mol. The number of carbonyl (C=O) groups excluding carboxylic acids is 1. The average molecular weight is 376 g/mol. The van der Waals surface area contributed by atoms with Crippen LogP contribution in [0.1, 0.15) is 23.2 Å². The van der Waals surface area contributed by atoms with Crippen molar-refractivity contribution in [3.05, 3.63) is 58.6 Å². The molecule has 0 radical (unpaired) electrons. The SMILES string of the molecule is O=C(Nc1cccc(OC[C@H]2CCCO2)c1)c1ccccc1Br. The molecule has 5 heteroatoms. The van der Waals surface area contributed by atoms with Crippen LogP contribution in [-0.4, -0.2) is 25.2 Å². The van der Waals surface area contributed by atoms with Crippen molar-refractivity contribution in [3.8, 4) is 5.75 Å². The van der Waals surface area contributed by atoms with E-state index >= 15 is 0 Å². The molecule has 0 spiro atoms. The molecule has 0 unspecified atom stereocenters. The summed E-state index contributed by atoms with van der Waals surface area (Å²) in [4.78, 5) is 12.3. The van der Waals surface area contributed by atoms with E-state index in [1.165, 1.54) is 0 Å². The predicted octanol–water partition coefficient (Wildman–Crippen LogP) is 4.26. The predicted molar refractivity (Wildman–Crippen MR) is 93.0 cm³/mol. The fourth-order valence-electron chi connectivity index (χ4n) is 2.47. The van der Waals surface area contributed by atoms with Crippen molar-refractivity contribution < 1.29 is 14.3 Å². The van der Waals surface area contributed by atoms with Crippen molar-refractivity contribution in [2.75, 3.05) is 18.5 Å². The van der Waals surface area contributed by atoms with Gasteiger partial charge in [0.15, 0.2) is 0 Å². The first-order valence-electron chi connectivity index (χ1n) is 7.63. The number of anilines is 1. The minimum atomic E-state index is -0.159. The number of benzene rings is 2. The lowest BCUT2D eigenvalue weighted by molar-refractivity contribution is 0.0680. The van der Waals surface area contributed by atoms with Crippen molar-refractivity contribution >= 4 is 27.5 Å². The van der Waals surface area contributed by atoms with E-state index in [-0.39, 0.29) is 12.0 Å². The quantitative estimate of drug-likeness (QED) is 0.848. The van der Waals surface area contributed by atoms with Gasteiger partial charge in [-0.2, -0.15) is 0 Å². The standard InChI is InChI=1S/C18H18BrNO3/c19-17-9-2-1-8-16(17)18(21)20-13-5-3-6-14(11-13)23-12-15-7-4-10-22-15/h1-3,5-6,8-9,11,15H,4,7,10,12H2,(H,20,21)/t15-/m1/s1. The first-order chi connectivity index (χ1) is 11.2. The van der Waals surface area contributed by atoms with Crippen LogP contribution < -0.4 is 10.1 Å². The molecule has 1 aliphatic rings. The number of halogens is 1. The van der Waals surface area contributed by atoms with Gasteiger partial charge >= 0.3 is 0 Å². The van der Waals surface area contributed by atoms with Gasteiger partial charge in [-0.1, -0.05) is 18.2 Å². The molecule has 4 nitrogen and oxygen atoms in total. The third kappa shape index (κ3) is 4.33. The molecular weight excluding hydrogens is 358 g/mol. The molecule has 1 amide bonds. The van der Waals surface area contributed by atoms with Crippen molar-refractivity contribution in [2.45, 2.75) is 18.9 Å². The van der Waals surface area contributed by atoms with Gasteiger partial charge in [0.2, 0.25) is 0 Å². The molecule has 1 aliphatic heterocycles. The molecule has 1 atom stereocenters. The van der Waals surface area contributed by atoms with Crippen molar-refractivity contribution in [2.24, 2.45) is 0 Å². The lowest BCUT2D eigenvalue weighted by Gasteiger charge is -2.13. The Morgan fingerprint density at radius 3 is 2.91 bits per heavy atom. The topological polar surface area (TPSA) is 47.6 Å². The average Bonchev–Trinajstić information content (AvgIpc) is 3.07. The molecule has 120 valence electrons. The third-order valence-electron chi connectivity index (χ3n) is 3.67. The Bertz CT molecular complexity index is 683. The number of hydrogen-bond acceptors (Lipinski definition) is 3. The molecule has 2 aromatic rings. The zero-order chi connectivity index (χ0) is 16.1. The number of nitrogens with one attached hydrogen (secondary N) is 1. The first kappa shape index (κ1) is 16.0. The summed E-state index contributed by atoms with van der Waals surface area (Å²) >= 11 is 3.39. The molecule has 1 heterocycles. The Balaban J connectivity index is 1.63. The lowest BCUT2D eigenvalue weighted by atomic mass is 10.2. The zero-order valence-electron chi connectivity index (χ0n) is 12.6. The van der Waals surface area contributed by atoms with E-state index in [2.05, 4.69) is 21.2 Å². The van der Waals surface area contributed by atoms with Gasteiger partial charge in [-0.3, -0.25) is 4.79 Å². The second-order valence-electron chi connectivity index (χ2n) is 5.41. The third-order valence-corrected chi connectivity index (χ3v) is 4.36. The summed E-state index contributed by atoms with van der Waals surface area (Å²) in [6.07, 6.45) is 2.31. The van der Waals surface area contributed by atoms with Gasteiger partial charge in [0, 0.05) is 22.8 Å². The molecule has 3 rings (SSSR count). The highest BCUT2D eigenvalue weighted by Crippen LogP contribution is 2.22. The van der Waals surface area contributed by atoms with Crippen LogP contribution in [0.3, 0.4) is 0 Å². The van der Waals surface area contributed by atoms with Gasteiger partial charge < -0.3 is 14.8 Å². The van der Waals surface area contributed by atoms with Crippen LogP contribution in [0, 0.1) is 0 Å². The number of ether oxygens (including phenoxy) is 2. The van der Waals surface area contributed by atoms with Gasteiger partial charge in [-0.05, 0) is 53.0 Å². The maximum Gasteiger partial charge on any atom is 0.256 e. The van der Waals surface area contributed by atoms with Crippen LogP contribution in [0.4, 0.5) is 5.69 Å². The minimum Gasteiger partial charge on any atom is -0.491 e. The van der Waals surface area contributed by atoms with Gasteiger partial charge in [-0.15, -0.1) is 0 Å². The molecule has 0 aromatic heterocycles. The minimum absolute atomic E-state index is 0.159. The van der Waals surface area contributed by atoms with Gasteiger partial charge in [0.1, 0.15) is 12.4 Å². The van der Waals surface area contributed by atoms with Gasteiger partial charge in [0.25, 0.3) is 5.91 Å². The van der Waals surface area contributed by atoms with E-state index in [1.54, 1.807) is 6.07 Å². The van der Waals surface area contributed by atoms with Crippen LogP contribution >= 0.6 is 15.9 Å². The number of amides is 1. The second kappa shape index (κ2) is 7.62. The summed E-state index contributed by atoms with van der Waals surface area (Å²) in [5, 5.41) is 2.89. The van der Waals surface area contributed by atoms with Crippen molar-refractivity contribution in [1.82, 2.24) is 0 Å². The maximum absolute atomic E-state index is 12.3. The van der Waals surface area contributed by atoms with Gasteiger partial charge in [0.05, 0.1) is 11.7 Å². The lowest BCUT2D eigenvalue weighted by Crippen LogP contribution is -2.16. The van der Waals surface area contributed by atoms with E-state index in [1.807, 2.05) is 42.5 Å². The summed E-state index contributed by atoms with van der Waals surface area (Å²) in [5.74, 6) is 0.569. The molecule has 1 saturated heterocycles. The Morgan fingerprint density at radius 1 is 1.26 bits per heavy atom. The highest BCUT2D eigenvalue weighted by Gasteiger charge is 2.16. The number of hydrogen-bond donors (Lipinski definition) is 1. The fourth-order valence-corrected chi connectivity index (χ4v) is 2.94. The summed E-state index contributed by atoms with van der Waals surface area (Å²) in [6, 6.07) is 14.7. The van der Waals surface area contributed by atoms with Crippen molar-refractivity contribution in [3.63, 3.8) is 0 Å². The van der Waals surface area contributed by atoms with Crippen LogP contribution in [0.25, 0.3) is 0 Å². The summed E-state index contributed by atoms with van der Waals surface area (Å²) in [7, 11) is 0. The molecule has 2 aromatic carbocycles. The molecule has 0 saturated carbocycles. The van der Waals surface area contributed by atoms with Crippen LogP contribution in [0.5, 0.6) is 5.75 Å². The largest absolute Gasteiger partial charge is 0.491 e. The molecule has 0 bridgehead atoms. The highest BCUT2D eigenvalue weighted by molar-refractivity contribution is 9.10. The fraction of sp³-hybridized carbons (Fsp3) is 0.278. The second-order valence-corrected chi connectivity index (χ2v) is 6.26. The van der Waals surface area contributed by atoms with Crippen molar-refractivity contribution in [1.29, 1.82) is 0 Å². The number of rotatable bonds is 5. The maximum atomic E-state index is 12.3. The Morgan fingerprint density at radius 2 is 2.13 bits per heavy atom. The van der Waals surface area contributed by atoms with Crippen LogP contribution in [0.15, 0.2) is 53.0 Å². The number of carbonyl (C=O) groups is 1.